The molecule has 0 unspecified atom stereocenters. The SMILES string of the molecule is Cc1ccc(NC(=S)Nc2c(C)cccc2C)c(F)c1. The lowest BCUT2D eigenvalue weighted by Gasteiger charge is -2.15. The second-order valence-corrected chi connectivity index (χ2v) is 5.24. The molecule has 104 valence electrons. The van der Waals surface area contributed by atoms with Crippen molar-refractivity contribution < 1.29 is 4.39 Å². The summed E-state index contributed by atoms with van der Waals surface area (Å²) in [6, 6.07) is 11.0. The molecule has 4 heteroatoms. The van der Waals surface area contributed by atoms with Gasteiger partial charge in [0.25, 0.3) is 0 Å². The molecule has 20 heavy (non-hydrogen) atoms. The zero-order valence-electron chi connectivity index (χ0n) is 11.8. The maximum absolute atomic E-state index is 13.8. The summed E-state index contributed by atoms with van der Waals surface area (Å²) in [7, 11) is 0. The Labute approximate surface area is 124 Å². The zero-order valence-corrected chi connectivity index (χ0v) is 12.6. The highest BCUT2D eigenvalue weighted by Crippen LogP contribution is 2.20. The molecule has 2 rings (SSSR count). The third-order valence-corrected chi connectivity index (χ3v) is 3.30. The van der Waals surface area contributed by atoms with Crippen LogP contribution < -0.4 is 10.6 Å². The molecule has 0 atom stereocenters. The summed E-state index contributed by atoms with van der Waals surface area (Å²) in [5.74, 6) is -0.310. The van der Waals surface area contributed by atoms with Crippen LogP contribution in [0.2, 0.25) is 0 Å². The summed E-state index contributed by atoms with van der Waals surface area (Å²) < 4.78 is 13.8. The van der Waals surface area contributed by atoms with Crippen molar-refractivity contribution in [3.8, 4) is 0 Å². The maximum Gasteiger partial charge on any atom is 0.175 e. The minimum Gasteiger partial charge on any atom is -0.332 e. The minimum absolute atomic E-state index is 0.310. The number of thiocarbonyl (C=S) groups is 1. The smallest absolute Gasteiger partial charge is 0.175 e. The molecule has 2 aromatic carbocycles. The third kappa shape index (κ3) is 3.33. The molecule has 0 saturated carbocycles. The lowest BCUT2D eigenvalue weighted by molar-refractivity contribution is 0.631. The number of hydrogen-bond donors (Lipinski definition) is 2. The Kier molecular flexibility index (Phi) is 4.35. The quantitative estimate of drug-likeness (QED) is 0.792. The summed E-state index contributed by atoms with van der Waals surface area (Å²) in [4.78, 5) is 0. The minimum atomic E-state index is -0.310. The molecule has 0 heterocycles. The van der Waals surface area contributed by atoms with Crippen LogP contribution in [0.5, 0.6) is 0 Å². The molecule has 0 fully saturated rings. The Hall–Kier alpha value is -1.94. The van der Waals surface area contributed by atoms with E-state index in [1.165, 1.54) is 6.07 Å². The van der Waals surface area contributed by atoms with E-state index in [1.54, 1.807) is 6.07 Å². The molecular formula is C16H17FN2S. The molecule has 2 aromatic rings. The summed E-state index contributed by atoms with van der Waals surface area (Å²) in [6.45, 7) is 5.86. The highest BCUT2D eigenvalue weighted by molar-refractivity contribution is 7.80. The van der Waals surface area contributed by atoms with Crippen molar-refractivity contribution in [3.05, 3.63) is 58.9 Å². The van der Waals surface area contributed by atoms with Gasteiger partial charge in [-0.2, -0.15) is 0 Å². The number of rotatable bonds is 2. The summed E-state index contributed by atoms with van der Waals surface area (Å²) >= 11 is 5.24. The van der Waals surface area contributed by atoms with Crippen molar-refractivity contribution in [2.45, 2.75) is 20.8 Å². The molecule has 0 bridgehead atoms. The van der Waals surface area contributed by atoms with Crippen molar-refractivity contribution in [3.63, 3.8) is 0 Å². The van der Waals surface area contributed by atoms with Gasteiger partial charge in [-0.1, -0.05) is 24.3 Å². The first-order valence-corrected chi connectivity index (χ1v) is 6.78. The van der Waals surface area contributed by atoms with Gasteiger partial charge in [0.1, 0.15) is 5.82 Å². The summed E-state index contributed by atoms with van der Waals surface area (Å²) in [5.41, 5.74) is 4.40. The summed E-state index contributed by atoms with van der Waals surface area (Å²) in [5, 5.41) is 6.39. The van der Waals surface area contributed by atoms with Crippen LogP contribution in [0.4, 0.5) is 15.8 Å². The van der Waals surface area contributed by atoms with E-state index >= 15 is 0 Å². The molecule has 0 amide bonds. The number of benzene rings is 2. The van der Waals surface area contributed by atoms with Gasteiger partial charge in [0.2, 0.25) is 0 Å². The number of para-hydroxylation sites is 1. The van der Waals surface area contributed by atoms with Gasteiger partial charge in [-0.3, -0.25) is 0 Å². The predicted molar refractivity (Wildman–Crippen MR) is 86.9 cm³/mol. The highest BCUT2D eigenvalue weighted by atomic mass is 32.1. The highest BCUT2D eigenvalue weighted by Gasteiger charge is 2.07. The Morgan fingerprint density at radius 3 is 2.25 bits per heavy atom. The van der Waals surface area contributed by atoms with Gasteiger partial charge in [0, 0.05) is 5.69 Å². The van der Waals surface area contributed by atoms with Gasteiger partial charge in [0.05, 0.1) is 5.69 Å². The largest absolute Gasteiger partial charge is 0.332 e. The molecule has 0 saturated heterocycles. The average Bonchev–Trinajstić information content (AvgIpc) is 2.37. The second kappa shape index (κ2) is 6.01. The van der Waals surface area contributed by atoms with Gasteiger partial charge in [-0.15, -0.1) is 0 Å². The Morgan fingerprint density at radius 2 is 1.65 bits per heavy atom. The molecule has 0 aromatic heterocycles. The van der Waals surface area contributed by atoms with Gasteiger partial charge < -0.3 is 10.6 Å². The van der Waals surface area contributed by atoms with Crippen molar-refractivity contribution in [2.24, 2.45) is 0 Å². The van der Waals surface area contributed by atoms with Crippen molar-refractivity contribution in [1.82, 2.24) is 0 Å². The van der Waals surface area contributed by atoms with E-state index in [2.05, 4.69) is 10.6 Å². The molecule has 0 aliphatic carbocycles. The number of anilines is 2. The van der Waals surface area contributed by atoms with Crippen molar-refractivity contribution >= 4 is 28.7 Å². The molecule has 0 spiro atoms. The van der Waals surface area contributed by atoms with Crippen LogP contribution in [0.1, 0.15) is 16.7 Å². The van der Waals surface area contributed by atoms with E-state index in [0.717, 1.165) is 22.4 Å². The van der Waals surface area contributed by atoms with Crippen LogP contribution in [-0.4, -0.2) is 5.11 Å². The van der Waals surface area contributed by atoms with Gasteiger partial charge >= 0.3 is 0 Å². The van der Waals surface area contributed by atoms with E-state index in [0.29, 0.717) is 10.8 Å². The Balaban J connectivity index is 2.13. The van der Waals surface area contributed by atoms with Crippen LogP contribution in [0, 0.1) is 26.6 Å². The second-order valence-electron chi connectivity index (χ2n) is 4.83. The molecule has 0 aliphatic heterocycles. The first-order chi connectivity index (χ1) is 9.47. The van der Waals surface area contributed by atoms with Crippen molar-refractivity contribution in [2.75, 3.05) is 10.6 Å². The third-order valence-electron chi connectivity index (χ3n) is 3.09. The predicted octanol–water partition coefficient (Wildman–Crippen LogP) is 4.56. The Bertz CT molecular complexity index is 633. The fourth-order valence-electron chi connectivity index (χ4n) is 2.00. The molecule has 2 nitrogen and oxygen atoms in total. The first-order valence-electron chi connectivity index (χ1n) is 6.38. The topological polar surface area (TPSA) is 24.1 Å². The molecule has 0 aliphatic rings. The number of hydrogen-bond acceptors (Lipinski definition) is 1. The first kappa shape index (κ1) is 14.5. The van der Waals surface area contributed by atoms with Crippen LogP contribution in [0.15, 0.2) is 36.4 Å². The fraction of sp³-hybridized carbons (Fsp3) is 0.188. The molecule has 0 radical (unpaired) electrons. The standard InChI is InChI=1S/C16H17FN2S/c1-10-7-8-14(13(17)9-10)18-16(20)19-15-11(2)5-4-6-12(15)3/h4-9H,1-3H3,(H2,18,19,20). The molecular weight excluding hydrogens is 271 g/mol. The van der Waals surface area contributed by atoms with Crippen LogP contribution >= 0.6 is 12.2 Å². The summed E-state index contributed by atoms with van der Waals surface area (Å²) in [6.07, 6.45) is 0. The fourth-order valence-corrected chi connectivity index (χ4v) is 2.21. The Morgan fingerprint density at radius 1 is 1.00 bits per heavy atom. The number of halogens is 1. The van der Waals surface area contributed by atoms with Crippen LogP contribution in [0.25, 0.3) is 0 Å². The number of aryl methyl sites for hydroxylation is 3. The molecule has 2 N–H and O–H groups in total. The van der Waals surface area contributed by atoms with Gasteiger partial charge in [-0.25, -0.2) is 4.39 Å². The van der Waals surface area contributed by atoms with Gasteiger partial charge in [0.15, 0.2) is 5.11 Å². The van der Waals surface area contributed by atoms with E-state index in [1.807, 2.05) is 45.0 Å². The normalized spacial score (nSPS) is 10.2. The zero-order chi connectivity index (χ0) is 14.7. The number of nitrogens with one attached hydrogen (secondary N) is 2. The van der Waals surface area contributed by atoms with Gasteiger partial charge in [-0.05, 0) is 61.8 Å². The van der Waals surface area contributed by atoms with E-state index < -0.39 is 0 Å². The van der Waals surface area contributed by atoms with Crippen LogP contribution in [-0.2, 0) is 0 Å². The maximum atomic E-state index is 13.8. The van der Waals surface area contributed by atoms with Crippen LogP contribution in [0.3, 0.4) is 0 Å². The lowest BCUT2D eigenvalue weighted by atomic mass is 10.1. The van der Waals surface area contributed by atoms with E-state index in [-0.39, 0.29) is 5.82 Å². The average molecular weight is 288 g/mol. The lowest BCUT2D eigenvalue weighted by Crippen LogP contribution is -2.21. The monoisotopic (exact) mass is 288 g/mol. The van der Waals surface area contributed by atoms with Crippen molar-refractivity contribution in [1.29, 1.82) is 0 Å². The van der Waals surface area contributed by atoms with E-state index in [4.69, 9.17) is 12.2 Å². The van der Waals surface area contributed by atoms with E-state index in [9.17, 15) is 4.39 Å².